The fourth-order valence-corrected chi connectivity index (χ4v) is 5.83. The number of carbonyl (C=O) groups is 1. The van der Waals surface area contributed by atoms with Gasteiger partial charge in [0.2, 0.25) is 5.91 Å². The number of carbonyl (C=O) groups excluding carboxylic acids is 1. The Labute approximate surface area is 152 Å². The van der Waals surface area contributed by atoms with Gasteiger partial charge in [0.15, 0.2) is 0 Å². The van der Waals surface area contributed by atoms with Crippen LogP contribution in [-0.4, -0.2) is 45.4 Å². The van der Waals surface area contributed by atoms with Crippen LogP contribution in [0.2, 0.25) is 0 Å². The average Bonchev–Trinajstić information content (AvgIpc) is 3.33. The largest absolute Gasteiger partial charge is 0.334 e. The van der Waals surface area contributed by atoms with Crippen molar-refractivity contribution in [1.29, 1.82) is 0 Å². The number of hydrogen-bond donors (Lipinski definition) is 0. The molecule has 2 fully saturated rings. The number of aromatic nitrogens is 1. The van der Waals surface area contributed by atoms with Crippen LogP contribution in [0.25, 0.3) is 0 Å². The normalized spacial score (nSPS) is 26.4. The molecule has 5 heteroatoms. The summed E-state index contributed by atoms with van der Waals surface area (Å²) in [5, 5.41) is 0. The monoisotopic (exact) mass is 353 g/mol. The zero-order valence-corrected chi connectivity index (χ0v) is 15.3. The summed E-state index contributed by atoms with van der Waals surface area (Å²) in [4.78, 5) is 23.3. The van der Waals surface area contributed by atoms with Crippen molar-refractivity contribution in [2.24, 2.45) is 0 Å². The number of hydrogen-bond acceptors (Lipinski definition) is 4. The third-order valence-electron chi connectivity index (χ3n) is 6.27. The molecule has 0 N–H and O–H groups in total. The fourth-order valence-electron chi connectivity index (χ4n) is 5.02. The Kier molecular flexibility index (Phi) is 3.68. The van der Waals surface area contributed by atoms with Crippen LogP contribution in [0, 0.1) is 6.92 Å². The standard InChI is InChI=1S/C20H23N3OS/c1-13-19(25-12-21-13)11-22-7-6-17-18(22)10-20(24)23(17)16-8-14-4-2-3-5-15(14)9-16/h2-5,12,16-18H,6-11H2,1H3/t17-,18-/m0/s1. The van der Waals surface area contributed by atoms with E-state index in [4.69, 9.17) is 0 Å². The van der Waals surface area contributed by atoms with Gasteiger partial charge in [0.05, 0.1) is 11.2 Å². The number of benzene rings is 1. The first kappa shape index (κ1) is 15.5. The molecule has 1 amide bonds. The predicted octanol–water partition coefficient (Wildman–Crippen LogP) is 2.79. The van der Waals surface area contributed by atoms with E-state index in [1.165, 1.54) is 16.0 Å². The summed E-state index contributed by atoms with van der Waals surface area (Å²) in [6.45, 7) is 4.13. The van der Waals surface area contributed by atoms with E-state index >= 15 is 0 Å². The molecule has 0 unspecified atom stereocenters. The van der Waals surface area contributed by atoms with Gasteiger partial charge in [-0.25, -0.2) is 4.98 Å². The van der Waals surface area contributed by atoms with Crippen LogP contribution in [0.15, 0.2) is 29.8 Å². The SMILES string of the molecule is Cc1ncsc1CN1CC[C@H]2[C@@H]1CC(=O)N2C1Cc2ccccc2C1. The molecule has 25 heavy (non-hydrogen) atoms. The average molecular weight is 353 g/mol. The lowest BCUT2D eigenvalue weighted by molar-refractivity contribution is -0.131. The van der Waals surface area contributed by atoms with Crippen molar-refractivity contribution >= 4 is 17.2 Å². The van der Waals surface area contributed by atoms with Crippen LogP contribution in [0.1, 0.15) is 34.5 Å². The third-order valence-corrected chi connectivity index (χ3v) is 7.19. The van der Waals surface area contributed by atoms with Gasteiger partial charge in [0.25, 0.3) is 0 Å². The summed E-state index contributed by atoms with van der Waals surface area (Å²) in [6, 6.07) is 9.83. The first-order valence-electron chi connectivity index (χ1n) is 9.21. The molecule has 3 aliphatic rings. The van der Waals surface area contributed by atoms with Gasteiger partial charge in [0, 0.05) is 42.5 Å². The van der Waals surface area contributed by atoms with Crippen LogP contribution in [0.3, 0.4) is 0 Å². The molecule has 2 aliphatic heterocycles. The Morgan fingerprint density at radius 2 is 1.92 bits per heavy atom. The van der Waals surface area contributed by atoms with Crippen LogP contribution in [-0.2, 0) is 24.2 Å². The second kappa shape index (κ2) is 5.92. The van der Waals surface area contributed by atoms with E-state index in [9.17, 15) is 4.79 Å². The molecular weight excluding hydrogens is 330 g/mol. The summed E-state index contributed by atoms with van der Waals surface area (Å²) in [6.07, 6.45) is 3.86. The molecule has 0 saturated carbocycles. The summed E-state index contributed by atoms with van der Waals surface area (Å²) in [5.74, 6) is 0.360. The molecule has 2 atom stereocenters. The number of fused-ring (bicyclic) bond motifs is 2. The Balaban J connectivity index is 1.34. The van der Waals surface area contributed by atoms with Gasteiger partial charge in [-0.3, -0.25) is 9.69 Å². The lowest BCUT2D eigenvalue weighted by Crippen LogP contribution is -2.44. The molecule has 1 aromatic carbocycles. The number of thiazole rings is 1. The molecule has 0 spiro atoms. The Bertz CT molecular complexity index is 792. The zero-order valence-electron chi connectivity index (χ0n) is 14.5. The van der Waals surface area contributed by atoms with Gasteiger partial charge in [-0.1, -0.05) is 24.3 Å². The van der Waals surface area contributed by atoms with E-state index in [0.717, 1.165) is 38.0 Å². The van der Waals surface area contributed by atoms with Crippen molar-refractivity contribution in [3.8, 4) is 0 Å². The van der Waals surface area contributed by atoms with E-state index in [1.807, 2.05) is 5.51 Å². The second-order valence-corrected chi connectivity index (χ2v) is 8.53. The summed E-state index contributed by atoms with van der Waals surface area (Å²) < 4.78 is 0. The highest BCUT2D eigenvalue weighted by molar-refractivity contribution is 7.09. The highest BCUT2D eigenvalue weighted by atomic mass is 32.1. The summed E-state index contributed by atoms with van der Waals surface area (Å²) >= 11 is 1.74. The van der Waals surface area contributed by atoms with Gasteiger partial charge in [-0.2, -0.15) is 0 Å². The molecule has 3 heterocycles. The maximum atomic E-state index is 12.8. The molecule has 1 aliphatic carbocycles. The van der Waals surface area contributed by atoms with Gasteiger partial charge >= 0.3 is 0 Å². The second-order valence-electron chi connectivity index (χ2n) is 7.59. The van der Waals surface area contributed by atoms with E-state index in [2.05, 4.69) is 46.0 Å². The predicted molar refractivity (Wildman–Crippen MR) is 98.6 cm³/mol. The molecule has 5 rings (SSSR count). The van der Waals surface area contributed by atoms with E-state index in [1.54, 1.807) is 11.3 Å². The number of amides is 1. The highest BCUT2D eigenvalue weighted by Crippen LogP contribution is 2.38. The zero-order chi connectivity index (χ0) is 17.0. The lowest BCUT2D eigenvalue weighted by atomic mass is 10.1. The number of nitrogens with zero attached hydrogens (tertiary/aromatic N) is 3. The van der Waals surface area contributed by atoms with Crippen LogP contribution < -0.4 is 0 Å². The third kappa shape index (κ3) is 2.52. The van der Waals surface area contributed by atoms with Crippen LogP contribution >= 0.6 is 11.3 Å². The quantitative estimate of drug-likeness (QED) is 0.851. The van der Waals surface area contributed by atoms with Gasteiger partial charge in [0.1, 0.15) is 0 Å². The van der Waals surface area contributed by atoms with Gasteiger partial charge in [-0.15, -0.1) is 11.3 Å². The van der Waals surface area contributed by atoms with Crippen LogP contribution in [0.5, 0.6) is 0 Å². The molecule has 1 aromatic heterocycles. The van der Waals surface area contributed by atoms with E-state index in [0.29, 0.717) is 30.5 Å². The number of rotatable bonds is 3. The molecule has 4 nitrogen and oxygen atoms in total. The van der Waals surface area contributed by atoms with Crippen LogP contribution in [0.4, 0.5) is 0 Å². The van der Waals surface area contributed by atoms with E-state index in [-0.39, 0.29) is 0 Å². The van der Waals surface area contributed by atoms with Crippen molar-refractivity contribution in [2.75, 3.05) is 6.54 Å². The van der Waals surface area contributed by atoms with Crippen molar-refractivity contribution in [3.63, 3.8) is 0 Å². The maximum Gasteiger partial charge on any atom is 0.224 e. The lowest BCUT2D eigenvalue weighted by Gasteiger charge is -2.30. The molecular formula is C20H23N3OS. The first-order valence-corrected chi connectivity index (χ1v) is 10.1. The van der Waals surface area contributed by atoms with Crippen molar-refractivity contribution in [2.45, 2.75) is 57.3 Å². The first-order chi connectivity index (χ1) is 12.2. The minimum atomic E-state index is 0.360. The minimum absolute atomic E-state index is 0.360. The molecule has 2 aromatic rings. The minimum Gasteiger partial charge on any atom is -0.334 e. The van der Waals surface area contributed by atoms with Gasteiger partial charge in [-0.05, 0) is 37.3 Å². The Morgan fingerprint density at radius 3 is 2.60 bits per heavy atom. The topological polar surface area (TPSA) is 36.4 Å². The smallest absolute Gasteiger partial charge is 0.224 e. The Morgan fingerprint density at radius 1 is 1.16 bits per heavy atom. The Hall–Kier alpha value is -1.72. The molecule has 130 valence electrons. The van der Waals surface area contributed by atoms with Gasteiger partial charge < -0.3 is 4.90 Å². The highest BCUT2D eigenvalue weighted by Gasteiger charge is 2.49. The molecule has 0 bridgehead atoms. The number of likely N-dealkylation sites (tertiary alicyclic amines) is 2. The van der Waals surface area contributed by atoms with Crippen molar-refractivity contribution < 1.29 is 4.79 Å². The number of aryl methyl sites for hydroxylation is 1. The van der Waals surface area contributed by atoms with Crippen molar-refractivity contribution in [1.82, 2.24) is 14.8 Å². The molecule has 0 radical (unpaired) electrons. The fraction of sp³-hybridized carbons (Fsp3) is 0.500. The van der Waals surface area contributed by atoms with E-state index < -0.39 is 0 Å². The summed E-state index contributed by atoms with van der Waals surface area (Å²) in [7, 11) is 0. The van der Waals surface area contributed by atoms with Crippen molar-refractivity contribution in [3.05, 3.63) is 51.5 Å². The summed E-state index contributed by atoms with van der Waals surface area (Å²) in [5.41, 5.74) is 5.93. The maximum absolute atomic E-state index is 12.8. The molecule has 2 saturated heterocycles.